The summed E-state index contributed by atoms with van der Waals surface area (Å²) >= 11 is 0. The number of rotatable bonds is 2. The molecule has 1 heterocycles. The zero-order chi connectivity index (χ0) is 14.7. The van der Waals surface area contributed by atoms with Crippen LogP contribution in [0.3, 0.4) is 0 Å². The van der Waals surface area contributed by atoms with E-state index in [0.29, 0.717) is 11.3 Å². The van der Waals surface area contributed by atoms with Crippen molar-refractivity contribution >= 4 is 11.6 Å². The molecule has 0 fully saturated rings. The highest BCUT2D eigenvalue weighted by atomic mass is 16.2. The molecule has 0 atom stereocenters. The first kappa shape index (κ1) is 13.8. The Kier molecular flexibility index (Phi) is 3.81. The van der Waals surface area contributed by atoms with Gasteiger partial charge in [-0.25, -0.2) is 4.98 Å². The number of pyridine rings is 1. The minimum atomic E-state index is -0.144. The van der Waals surface area contributed by atoms with Crippen molar-refractivity contribution in [1.82, 2.24) is 4.98 Å². The molecule has 1 amide bonds. The van der Waals surface area contributed by atoms with Gasteiger partial charge in [0.05, 0.1) is 5.56 Å². The number of amides is 1. The number of hydrogen-bond acceptors (Lipinski definition) is 3. The van der Waals surface area contributed by atoms with Crippen LogP contribution in [0.15, 0.2) is 36.5 Å². The van der Waals surface area contributed by atoms with Crippen LogP contribution in [0, 0.1) is 25.2 Å². The van der Waals surface area contributed by atoms with E-state index in [9.17, 15) is 4.79 Å². The fraction of sp³-hybridized carbons (Fsp3) is 0.188. The molecule has 0 aliphatic heterocycles. The van der Waals surface area contributed by atoms with Crippen molar-refractivity contribution in [2.75, 3.05) is 11.9 Å². The van der Waals surface area contributed by atoms with Crippen molar-refractivity contribution in [3.05, 3.63) is 58.9 Å². The highest BCUT2D eigenvalue weighted by Crippen LogP contribution is 2.21. The maximum absolute atomic E-state index is 12.4. The number of nitriles is 1. The van der Waals surface area contributed by atoms with E-state index in [-0.39, 0.29) is 5.91 Å². The van der Waals surface area contributed by atoms with Crippen LogP contribution in [0.4, 0.5) is 5.69 Å². The van der Waals surface area contributed by atoms with Gasteiger partial charge in [-0.3, -0.25) is 4.79 Å². The quantitative estimate of drug-likeness (QED) is 0.839. The number of aromatic nitrogens is 1. The van der Waals surface area contributed by atoms with Crippen LogP contribution in [0.25, 0.3) is 0 Å². The Morgan fingerprint density at radius 1 is 1.25 bits per heavy atom. The number of carbonyl (C=O) groups is 1. The van der Waals surface area contributed by atoms with Crippen LogP contribution in [0.1, 0.15) is 27.2 Å². The van der Waals surface area contributed by atoms with Gasteiger partial charge in [0.2, 0.25) is 0 Å². The molecule has 0 aliphatic carbocycles. The van der Waals surface area contributed by atoms with Gasteiger partial charge >= 0.3 is 0 Å². The molecular formula is C16H15N3O. The number of benzene rings is 1. The Hall–Kier alpha value is -2.67. The molecule has 0 bridgehead atoms. The molecule has 0 radical (unpaired) electrons. The van der Waals surface area contributed by atoms with Crippen LogP contribution >= 0.6 is 0 Å². The van der Waals surface area contributed by atoms with Crippen LogP contribution in [0.2, 0.25) is 0 Å². The minimum Gasteiger partial charge on any atom is -0.311 e. The van der Waals surface area contributed by atoms with Gasteiger partial charge in [-0.15, -0.1) is 0 Å². The molecule has 0 unspecified atom stereocenters. The number of hydrogen-bond donors (Lipinski definition) is 0. The second-order valence-corrected chi connectivity index (χ2v) is 4.70. The zero-order valence-corrected chi connectivity index (χ0v) is 11.7. The van der Waals surface area contributed by atoms with Gasteiger partial charge in [-0.2, -0.15) is 5.26 Å². The number of carbonyl (C=O) groups excluding carboxylic acids is 1. The predicted molar refractivity (Wildman–Crippen MR) is 77.6 cm³/mol. The summed E-state index contributed by atoms with van der Waals surface area (Å²) in [6, 6.07) is 11.0. The molecule has 0 spiro atoms. The first-order valence-corrected chi connectivity index (χ1v) is 6.24. The molecule has 4 nitrogen and oxygen atoms in total. The third kappa shape index (κ3) is 2.67. The fourth-order valence-corrected chi connectivity index (χ4v) is 2.07. The van der Waals surface area contributed by atoms with Gasteiger partial charge in [0.25, 0.3) is 5.91 Å². The van der Waals surface area contributed by atoms with E-state index in [1.54, 1.807) is 24.1 Å². The van der Waals surface area contributed by atoms with E-state index < -0.39 is 0 Å². The van der Waals surface area contributed by atoms with Crippen LogP contribution in [-0.4, -0.2) is 17.9 Å². The summed E-state index contributed by atoms with van der Waals surface area (Å²) < 4.78 is 0. The maximum Gasteiger partial charge on any atom is 0.259 e. The van der Waals surface area contributed by atoms with E-state index in [1.165, 1.54) is 6.20 Å². The molecule has 1 aromatic heterocycles. The molecule has 0 aliphatic rings. The lowest BCUT2D eigenvalue weighted by molar-refractivity contribution is 0.0992. The summed E-state index contributed by atoms with van der Waals surface area (Å²) in [6.45, 7) is 3.99. The molecule has 0 saturated carbocycles. The van der Waals surface area contributed by atoms with E-state index in [2.05, 4.69) is 4.98 Å². The van der Waals surface area contributed by atoms with Crippen molar-refractivity contribution in [3.8, 4) is 6.07 Å². The summed E-state index contributed by atoms with van der Waals surface area (Å²) in [5.74, 6) is -0.144. The van der Waals surface area contributed by atoms with Gasteiger partial charge in [0.1, 0.15) is 11.8 Å². The van der Waals surface area contributed by atoms with E-state index in [0.717, 1.165) is 16.8 Å². The number of aryl methyl sites for hydroxylation is 2. The third-order valence-corrected chi connectivity index (χ3v) is 3.14. The highest BCUT2D eigenvalue weighted by Gasteiger charge is 2.15. The van der Waals surface area contributed by atoms with Crippen LogP contribution in [0.5, 0.6) is 0 Å². The molecule has 1 aromatic carbocycles. The highest BCUT2D eigenvalue weighted by molar-refractivity contribution is 6.05. The largest absolute Gasteiger partial charge is 0.311 e. The lowest BCUT2D eigenvalue weighted by Crippen LogP contribution is -2.27. The molecule has 4 heteroatoms. The second kappa shape index (κ2) is 5.54. The molecule has 2 rings (SSSR count). The van der Waals surface area contributed by atoms with Gasteiger partial charge in [-0.05, 0) is 37.6 Å². The van der Waals surface area contributed by atoms with Gasteiger partial charge in [0, 0.05) is 18.9 Å². The van der Waals surface area contributed by atoms with Gasteiger partial charge in [-0.1, -0.05) is 17.7 Å². The first-order chi connectivity index (χ1) is 9.52. The van der Waals surface area contributed by atoms with Crippen molar-refractivity contribution < 1.29 is 4.79 Å². The molecular weight excluding hydrogens is 250 g/mol. The van der Waals surface area contributed by atoms with Gasteiger partial charge < -0.3 is 4.90 Å². The smallest absolute Gasteiger partial charge is 0.259 e. The minimum absolute atomic E-state index is 0.144. The van der Waals surface area contributed by atoms with Gasteiger partial charge in [0.15, 0.2) is 0 Å². The Morgan fingerprint density at radius 2 is 2.00 bits per heavy atom. The second-order valence-electron chi connectivity index (χ2n) is 4.70. The molecule has 0 N–H and O–H groups in total. The van der Waals surface area contributed by atoms with Crippen LogP contribution < -0.4 is 4.90 Å². The Labute approximate surface area is 118 Å². The summed E-state index contributed by atoms with van der Waals surface area (Å²) in [6.07, 6.45) is 1.43. The normalized spacial score (nSPS) is 9.90. The fourth-order valence-electron chi connectivity index (χ4n) is 2.07. The molecule has 2 aromatic rings. The summed E-state index contributed by atoms with van der Waals surface area (Å²) in [7, 11) is 1.73. The Morgan fingerprint density at radius 3 is 2.55 bits per heavy atom. The van der Waals surface area contributed by atoms with Crippen molar-refractivity contribution in [2.45, 2.75) is 13.8 Å². The number of anilines is 1. The van der Waals surface area contributed by atoms with E-state index >= 15 is 0 Å². The number of nitrogens with zero attached hydrogens (tertiary/aromatic N) is 3. The topological polar surface area (TPSA) is 57.0 Å². The standard InChI is InChI=1S/C16H15N3O/c1-11-4-7-15(12(2)8-11)19(3)16(20)13-5-6-14(9-17)18-10-13/h4-8,10H,1-3H3. The molecule has 0 saturated heterocycles. The maximum atomic E-state index is 12.4. The molecule has 20 heavy (non-hydrogen) atoms. The average molecular weight is 265 g/mol. The monoisotopic (exact) mass is 265 g/mol. The SMILES string of the molecule is Cc1ccc(N(C)C(=O)c2ccc(C#N)nc2)c(C)c1. The summed E-state index contributed by atoms with van der Waals surface area (Å²) in [5.41, 5.74) is 3.83. The van der Waals surface area contributed by atoms with Crippen molar-refractivity contribution in [2.24, 2.45) is 0 Å². The lowest BCUT2D eigenvalue weighted by Gasteiger charge is -2.19. The molecule has 100 valence electrons. The third-order valence-electron chi connectivity index (χ3n) is 3.14. The van der Waals surface area contributed by atoms with Crippen LogP contribution in [-0.2, 0) is 0 Å². The Bertz CT molecular complexity index is 684. The zero-order valence-electron chi connectivity index (χ0n) is 11.7. The predicted octanol–water partition coefficient (Wildman–Crippen LogP) is 2.85. The summed E-state index contributed by atoms with van der Waals surface area (Å²) in [4.78, 5) is 17.9. The van der Waals surface area contributed by atoms with Crippen molar-refractivity contribution in [3.63, 3.8) is 0 Å². The summed E-state index contributed by atoms with van der Waals surface area (Å²) in [5, 5.41) is 8.71. The first-order valence-electron chi connectivity index (χ1n) is 6.24. The average Bonchev–Trinajstić information content (AvgIpc) is 2.46. The van der Waals surface area contributed by atoms with E-state index in [4.69, 9.17) is 5.26 Å². The lowest BCUT2D eigenvalue weighted by atomic mass is 10.1. The van der Waals surface area contributed by atoms with E-state index in [1.807, 2.05) is 38.1 Å². The van der Waals surface area contributed by atoms with Crippen molar-refractivity contribution in [1.29, 1.82) is 5.26 Å². The Balaban J connectivity index is 2.30.